The molecule has 0 spiro atoms. The highest BCUT2D eigenvalue weighted by molar-refractivity contribution is 7.47. The van der Waals surface area contributed by atoms with Crippen molar-refractivity contribution in [3.05, 3.63) is 24.5 Å². The molecule has 2 unspecified atom stereocenters. The number of ether oxygens (including phenoxy) is 2. The zero-order valence-corrected chi connectivity index (χ0v) is 37.8. The lowest BCUT2D eigenvalue weighted by Crippen LogP contribution is -2.37. The van der Waals surface area contributed by atoms with Gasteiger partial charge in [-0.15, -0.1) is 0 Å². The van der Waals surface area contributed by atoms with E-state index in [-0.39, 0.29) is 25.8 Å². The monoisotopic (exact) mass is 801 g/mol. The Kier molecular flexibility index (Phi) is 38.8. The fourth-order valence-electron chi connectivity index (χ4n) is 6.41. The molecule has 0 aromatic rings. The maximum absolute atomic E-state index is 12.5. The minimum atomic E-state index is -4.26. The van der Waals surface area contributed by atoms with Crippen molar-refractivity contribution in [2.24, 2.45) is 0 Å². The molecule has 0 fully saturated rings. The Morgan fingerprint density at radius 1 is 0.564 bits per heavy atom. The molecule has 2 atom stereocenters. The molecule has 55 heavy (non-hydrogen) atoms. The molecule has 0 heterocycles. The Morgan fingerprint density at radius 3 is 1.40 bits per heavy atom. The van der Waals surface area contributed by atoms with Gasteiger partial charge in [-0.05, 0) is 51.0 Å². The Labute approximate surface area is 341 Å². The van der Waals surface area contributed by atoms with Gasteiger partial charge in [0, 0.05) is 6.42 Å². The molecule has 0 rings (SSSR count). The first kappa shape index (κ1) is 53.8. The Balaban J connectivity index is 4.20. The third kappa shape index (κ3) is 43.8. The van der Waals surface area contributed by atoms with Crippen molar-refractivity contribution in [2.75, 3.05) is 47.5 Å². The second-order valence-corrected chi connectivity index (χ2v) is 18.3. The summed E-state index contributed by atoms with van der Waals surface area (Å²) in [6.45, 7) is 4.92. The molecule has 0 aliphatic rings. The van der Waals surface area contributed by atoms with Crippen molar-refractivity contribution in [1.82, 2.24) is 0 Å². The van der Waals surface area contributed by atoms with E-state index in [0.29, 0.717) is 17.4 Å². The highest BCUT2D eigenvalue weighted by Crippen LogP contribution is 2.43. The molecule has 0 saturated heterocycles. The van der Waals surface area contributed by atoms with Crippen LogP contribution in [0.5, 0.6) is 0 Å². The summed E-state index contributed by atoms with van der Waals surface area (Å²) >= 11 is 0. The molecule has 0 aromatic heterocycles. The van der Waals surface area contributed by atoms with Crippen LogP contribution in [0.15, 0.2) is 24.5 Å². The summed E-state index contributed by atoms with van der Waals surface area (Å²) in [4.78, 5) is 22.7. The number of hydrogen-bond donors (Lipinski definition) is 1. The van der Waals surface area contributed by atoms with E-state index in [1.165, 1.54) is 161 Å². The first-order valence-corrected chi connectivity index (χ1v) is 24.6. The fourth-order valence-corrected chi connectivity index (χ4v) is 7.16. The number of quaternary nitrogens is 1. The van der Waals surface area contributed by atoms with Crippen LogP contribution in [0, 0.1) is 0 Å². The number of carbonyl (C=O) groups excluding carboxylic acids is 1. The predicted molar refractivity (Wildman–Crippen MR) is 233 cm³/mol. The van der Waals surface area contributed by atoms with Crippen LogP contribution in [0.4, 0.5) is 0 Å². The average Bonchev–Trinajstić information content (AvgIpc) is 3.14. The van der Waals surface area contributed by atoms with Gasteiger partial charge >= 0.3 is 13.8 Å². The van der Waals surface area contributed by atoms with Gasteiger partial charge in [-0.2, -0.15) is 0 Å². The van der Waals surface area contributed by atoms with E-state index in [0.717, 1.165) is 32.1 Å². The quantitative estimate of drug-likeness (QED) is 0.0164. The summed E-state index contributed by atoms with van der Waals surface area (Å²) in [6, 6.07) is 0. The lowest BCUT2D eigenvalue weighted by atomic mass is 10.0. The van der Waals surface area contributed by atoms with Crippen molar-refractivity contribution in [3.8, 4) is 0 Å². The molecule has 0 aromatic carbocycles. The van der Waals surface area contributed by atoms with Gasteiger partial charge in [0.1, 0.15) is 19.8 Å². The van der Waals surface area contributed by atoms with Crippen LogP contribution >= 0.6 is 7.82 Å². The zero-order valence-electron chi connectivity index (χ0n) is 36.9. The summed E-state index contributed by atoms with van der Waals surface area (Å²) < 4.78 is 34.8. The number of phosphoric ester groups is 1. The minimum absolute atomic E-state index is 0.0461. The second kappa shape index (κ2) is 39.6. The molecule has 8 nitrogen and oxygen atoms in total. The number of esters is 1. The molecular formula is C46H91NO7P+. The van der Waals surface area contributed by atoms with Gasteiger partial charge in [-0.3, -0.25) is 13.8 Å². The fraction of sp³-hybridized carbons (Fsp3) is 0.891. The van der Waals surface area contributed by atoms with Gasteiger partial charge in [-0.25, -0.2) is 4.57 Å². The van der Waals surface area contributed by atoms with Crippen LogP contribution in [-0.2, 0) is 27.9 Å². The van der Waals surface area contributed by atoms with Gasteiger partial charge in [-0.1, -0.05) is 174 Å². The maximum Gasteiger partial charge on any atom is 0.472 e. The van der Waals surface area contributed by atoms with Crippen LogP contribution in [0.1, 0.15) is 213 Å². The van der Waals surface area contributed by atoms with Crippen LogP contribution in [-0.4, -0.2) is 69.0 Å². The highest BCUT2D eigenvalue weighted by atomic mass is 31.2. The van der Waals surface area contributed by atoms with E-state index >= 15 is 0 Å². The lowest BCUT2D eigenvalue weighted by Gasteiger charge is -2.24. The molecule has 1 N–H and O–H groups in total. The highest BCUT2D eigenvalue weighted by Gasteiger charge is 2.25. The number of nitrogens with zero attached hydrogens (tertiary/aromatic N) is 1. The average molecular weight is 801 g/mol. The minimum Gasteiger partial charge on any atom is -0.492 e. The molecule has 0 saturated carbocycles. The topological polar surface area (TPSA) is 91.3 Å². The lowest BCUT2D eigenvalue weighted by molar-refractivity contribution is -0.870. The molecule has 326 valence electrons. The SMILES string of the molecule is CCCCCCCC/C=C\CCCCCCCCCCCC(=O)OCC(COP(=O)(O)OCC[N+](C)(C)C)O/C=C\CCCCCCCCCCCCCC. The first-order valence-electron chi connectivity index (χ1n) is 23.1. The van der Waals surface area contributed by atoms with E-state index in [2.05, 4.69) is 26.0 Å². The van der Waals surface area contributed by atoms with E-state index in [1.807, 2.05) is 27.2 Å². The van der Waals surface area contributed by atoms with Gasteiger partial charge in [0.25, 0.3) is 0 Å². The van der Waals surface area contributed by atoms with Crippen LogP contribution in [0.25, 0.3) is 0 Å². The Hall–Kier alpha value is -1.18. The van der Waals surface area contributed by atoms with Crippen LogP contribution in [0.2, 0.25) is 0 Å². The predicted octanol–water partition coefficient (Wildman–Crippen LogP) is 14.0. The molecule has 0 radical (unpaired) electrons. The number of allylic oxidation sites excluding steroid dienone is 3. The summed E-state index contributed by atoms with van der Waals surface area (Å²) in [5.74, 6) is -0.276. The molecule has 9 heteroatoms. The number of phosphoric acid groups is 1. The smallest absolute Gasteiger partial charge is 0.472 e. The summed E-state index contributed by atoms with van der Waals surface area (Å²) in [7, 11) is 1.68. The van der Waals surface area contributed by atoms with Crippen molar-refractivity contribution in [2.45, 2.75) is 219 Å². The van der Waals surface area contributed by atoms with Crippen molar-refractivity contribution < 1.29 is 37.3 Å². The first-order chi connectivity index (χ1) is 26.6. The maximum atomic E-state index is 12.5. The number of hydrogen-bond acceptors (Lipinski definition) is 6. The largest absolute Gasteiger partial charge is 0.492 e. The summed E-state index contributed by atoms with van der Waals surface area (Å²) in [5.41, 5.74) is 0. The van der Waals surface area contributed by atoms with Gasteiger partial charge < -0.3 is 18.9 Å². The van der Waals surface area contributed by atoms with Gasteiger partial charge in [0.2, 0.25) is 0 Å². The molecular weight excluding hydrogens is 709 g/mol. The molecule has 0 aliphatic heterocycles. The second-order valence-electron chi connectivity index (χ2n) is 16.9. The normalized spacial score (nSPS) is 13.9. The number of carbonyl (C=O) groups is 1. The Morgan fingerprint density at radius 2 is 0.964 bits per heavy atom. The van der Waals surface area contributed by atoms with E-state index in [1.54, 1.807) is 6.26 Å². The van der Waals surface area contributed by atoms with Gasteiger partial charge in [0.15, 0.2) is 6.10 Å². The number of rotatable bonds is 43. The van der Waals surface area contributed by atoms with E-state index < -0.39 is 13.9 Å². The van der Waals surface area contributed by atoms with Crippen LogP contribution < -0.4 is 0 Å². The summed E-state index contributed by atoms with van der Waals surface area (Å²) in [5, 5.41) is 0. The molecule has 0 aliphatic carbocycles. The third-order valence-electron chi connectivity index (χ3n) is 10.1. The van der Waals surface area contributed by atoms with Crippen molar-refractivity contribution >= 4 is 13.8 Å². The molecule has 0 amide bonds. The van der Waals surface area contributed by atoms with Crippen LogP contribution in [0.3, 0.4) is 0 Å². The van der Waals surface area contributed by atoms with E-state index in [9.17, 15) is 14.3 Å². The number of unbranched alkanes of at least 4 members (excludes halogenated alkanes) is 27. The van der Waals surface area contributed by atoms with E-state index in [4.69, 9.17) is 18.5 Å². The zero-order chi connectivity index (χ0) is 40.6. The standard InChI is InChI=1S/C46H90NO7P/c1-6-8-10-12-14-16-18-20-22-23-24-25-26-27-29-31-33-35-37-39-46(48)52-43-45(44-54-55(49,50)53-42-40-47(3,4)5)51-41-38-36-34-32-30-28-21-19-17-15-13-11-9-7-2/h20,22,38,41,45H,6-19,21,23-37,39-40,42-44H2,1-5H3/p+1/b22-20-,41-38-. The van der Waals surface area contributed by atoms with Crippen molar-refractivity contribution in [3.63, 3.8) is 0 Å². The Bertz CT molecular complexity index is 936. The third-order valence-corrected chi connectivity index (χ3v) is 11.1. The van der Waals surface area contributed by atoms with Gasteiger partial charge in [0.05, 0.1) is 34.0 Å². The number of likely N-dealkylation sites (N-methyl/N-ethyl adjacent to an activating group) is 1. The summed E-state index contributed by atoms with van der Waals surface area (Å²) in [6.07, 6.45) is 46.0. The molecule has 0 bridgehead atoms. The van der Waals surface area contributed by atoms with Crippen molar-refractivity contribution in [1.29, 1.82) is 0 Å².